The van der Waals surface area contributed by atoms with Gasteiger partial charge in [-0.3, -0.25) is 0 Å². The number of aryl methyl sites for hydroxylation is 3. The fourth-order valence-electron chi connectivity index (χ4n) is 2.01. The first-order valence-corrected chi connectivity index (χ1v) is 4.55. The smallest absolute Gasteiger partial charge is 0.189 e. The molecule has 0 aliphatic rings. The molecule has 1 heterocycles. The van der Waals surface area contributed by atoms with Gasteiger partial charge in [-0.05, 0) is 19.8 Å². The first kappa shape index (κ1) is 6.58. The molecule has 0 aromatic carbocycles. The van der Waals surface area contributed by atoms with Crippen molar-refractivity contribution in [3.8, 4) is 0 Å². The monoisotopic (exact) mass is 181 g/mol. The summed E-state index contributed by atoms with van der Waals surface area (Å²) >= 11 is 0. The van der Waals surface area contributed by atoms with Gasteiger partial charge in [0.2, 0.25) is 0 Å². The third-order valence-corrected chi connectivity index (χ3v) is 2.14. The van der Waals surface area contributed by atoms with Crippen LogP contribution in [0.15, 0.2) is 12.3 Å². The third-order valence-electron chi connectivity index (χ3n) is 2.14. The second-order valence-electron chi connectivity index (χ2n) is 4.62. The Kier molecular flexibility index (Phi) is 1.59. The zero-order valence-corrected chi connectivity index (χ0v) is 9.10. The molecule has 0 atom stereocenters. The Morgan fingerprint density at radius 1 is 1.38 bits per heavy atom. The van der Waals surface area contributed by atoms with E-state index in [1.54, 1.807) is 12.3 Å². The average Bonchev–Trinajstić information content (AvgIpc) is 1.97. The Labute approximate surface area is 85.6 Å². The predicted octanol–water partition coefficient (Wildman–Crippen LogP) is 2.43. The standard InChI is InChI=1S/C12H20N/c1-9-7-10(2)11(12(3,4)5)13(6)8-9/h7-8H,1-6H3/q+1/i1D3. The van der Waals surface area contributed by atoms with Gasteiger partial charge in [-0.15, -0.1) is 0 Å². The fraction of sp³-hybridized carbons (Fsp3) is 0.583. The topological polar surface area (TPSA) is 3.88 Å². The SMILES string of the molecule is [2H]C([2H])([2H])c1cc(C)c(C(C)(C)C)[n+](C)c1. The zero-order chi connectivity index (χ0) is 12.7. The molecular formula is C12H20N+. The minimum absolute atomic E-state index is 0.0199. The summed E-state index contributed by atoms with van der Waals surface area (Å²) in [7, 11) is 1.91. The Hall–Kier alpha value is -0.850. The second-order valence-corrected chi connectivity index (χ2v) is 4.62. The van der Waals surface area contributed by atoms with Crippen LogP contribution in [0.1, 0.15) is 41.7 Å². The van der Waals surface area contributed by atoms with Crippen molar-refractivity contribution < 1.29 is 8.68 Å². The molecule has 0 N–H and O–H groups in total. The lowest BCUT2D eigenvalue weighted by Gasteiger charge is -2.18. The van der Waals surface area contributed by atoms with Crippen molar-refractivity contribution in [2.75, 3.05) is 0 Å². The van der Waals surface area contributed by atoms with E-state index in [-0.39, 0.29) is 5.41 Å². The van der Waals surface area contributed by atoms with Gasteiger partial charge in [0.15, 0.2) is 11.9 Å². The first-order chi connectivity index (χ1) is 7.03. The Balaban J connectivity index is 3.41. The van der Waals surface area contributed by atoms with Gasteiger partial charge in [-0.1, -0.05) is 20.8 Å². The van der Waals surface area contributed by atoms with Crippen LogP contribution in [0.25, 0.3) is 0 Å². The summed E-state index contributed by atoms with van der Waals surface area (Å²) in [5.41, 5.74) is 2.62. The largest absolute Gasteiger partial charge is 0.204 e. The number of hydrogen-bond acceptors (Lipinski definition) is 0. The van der Waals surface area contributed by atoms with Gasteiger partial charge >= 0.3 is 0 Å². The van der Waals surface area contributed by atoms with E-state index in [0.717, 1.165) is 5.56 Å². The molecule has 1 aromatic heterocycles. The maximum atomic E-state index is 7.41. The van der Waals surface area contributed by atoms with Gasteiger partial charge in [-0.25, -0.2) is 4.57 Å². The maximum Gasteiger partial charge on any atom is 0.189 e. The minimum atomic E-state index is -2.03. The fourth-order valence-corrected chi connectivity index (χ4v) is 2.01. The highest BCUT2D eigenvalue weighted by Crippen LogP contribution is 2.21. The van der Waals surface area contributed by atoms with Crippen LogP contribution >= 0.6 is 0 Å². The van der Waals surface area contributed by atoms with Crippen molar-refractivity contribution in [2.24, 2.45) is 7.05 Å². The van der Waals surface area contributed by atoms with Crippen molar-refractivity contribution >= 4 is 0 Å². The van der Waals surface area contributed by atoms with Gasteiger partial charge < -0.3 is 0 Å². The average molecular weight is 181 g/mol. The lowest BCUT2D eigenvalue weighted by Crippen LogP contribution is -2.40. The number of pyridine rings is 1. The van der Waals surface area contributed by atoms with Crippen molar-refractivity contribution in [3.63, 3.8) is 0 Å². The molecule has 0 fully saturated rings. The molecule has 13 heavy (non-hydrogen) atoms. The molecule has 0 spiro atoms. The lowest BCUT2D eigenvalue weighted by atomic mass is 9.88. The van der Waals surface area contributed by atoms with Crippen molar-refractivity contribution in [1.82, 2.24) is 0 Å². The number of rotatable bonds is 0. The highest BCUT2D eigenvalue weighted by molar-refractivity contribution is 5.23. The molecule has 1 rings (SSSR count). The van der Waals surface area contributed by atoms with Crippen LogP contribution in [0.3, 0.4) is 0 Å². The summed E-state index contributed by atoms with van der Waals surface area (Å²) < 4.78 is 24.2. The highest BCUT2D eigenvalue weighted by Gasteiger charge is 2.25. The van der Waals surface area contributed by atoms with Crippen LogP contribution in [-0.2, 0) is 12.5 Å². The normalized spacial score (nSPS) is 16.2. The summed E-state index contributed by atoms with van der Waals surface area (Å²) in [5.74, 6) is 0. The van der Waals surface area contributed by atoms with Crippen molar-refractivity contribution in [2.45, 2.75) is 40.0 Å². The van der Waals surface area contributed by atoms with Gasteiger partial charge in [0.05, 0.1) is 0 Å². The van der Waals surface area contributed by atoms with Crippen LogP contribution in [0.5, 0.6) is 0 Å². The van der Waals surface area contributed by atoms with Gasteiger partial charge in [0, 0.05) is 20.7 Å². The molecule has 1 nitrogen and oxygen atoms in total. The van der Waals surface area contributed by atoms with Crippen LogP contribution in [0.2, 0.25) is 0 Å². The lowest BCUT2D eigenvalue weighted by molar-refractivity contribution is -0.683. The van der Waals surface area contributed by atoms with Crippen LogP contribution in [0.4, 0.5) is 0 Å². The second kappa shape index (κ2) is 3.13. The van der Waals surface area contributed by atoms with Gasteiger partial charge in [0.1, 0.15) is 7.05 Å². The van der Waals surface area contributed by atoms with E-state index in [4.69, 9.17) is 4.11 Å². The van der Waals surface area contributed by atoms with E-state index in [9.17, 15) is 0 Å². The van der Waals surface area contributed by atoms with E-state index in [1.165, 1.54) is 5.69 Å². The molecule has 1 heteroatoms. The summed E-state index contributed by atoms with van der Waals surface area (Å²) in [6.07, 6.45) is 1.71. The quantitative estimate of drug-likeness (QED) is 0.541. The third kappa shape index (κ3) is 2.09. The Bertz CT molecular complexity index is 377. The van der Waals surface area contributed by atoms with Crippen molar-refractivity contribution in [1.29, 1.82) is 0 Å². The van der Waals surface area contributed by atoms with Crippen molar-refractivity contribution in [3.05, 3.63) is 29.1 Å². The molecule has 1 aromatic rings. The minimum Gasteiger partial charge on any atom is -0.204 e. The zero-order valence-electron chi connectivity index (χ0n) is 12.1. The molecular weight excluding hydrogens is 158 g/mol. The van der Waals surface area contributed by atoms with Crippen LogP contribution < -0.4 is 4.57 Å². The number of hydrogen-bond donors (Lipinski definition) is 0. The van der Waals surface area contributed by atoms with Crippen LogP contribution in [-0.4, -0.2) is 0 Å². The first-order valence-electron chi connectivity index (χ1n) is 6.05. The van der Waals surface area contributed by atoms with Crippen LogP contribution in [0, 0.1) is 13.8 Å². The van der Waals surface area contributed by atoms with Gasteiger partial charge in [0.25, 0.3) is 0 Å². The summed E-state index contributed by atoms with van der Waals surface area (Å²) in [6.45, 7) is 6.33. The van der Waals surface area contributed by atoms with E-state index >= 15 is 0 Å². The molecule has 72 valence electrons. The molecule has 0 saturated carbocycles. The number of aromatic nitrogens is 1. The molecule has 0 radical (unpaired) electrons. The summed E-state index contributed by atoms with van der Waals surface area (Å²) in [4.78, 5) is 0. The van der Waals surface area contributed by atoms with Gasteiger partial charge in [-0.2, -0.15) is 0 Å². The van der Waals surface area contributed by atoms with E-state index in [2.05, 4.69) is 20.8 Å². The molecule has 0 saturated heterocycles. The van der Waals surface area contributed by atoms with E-state index < -0.39 is 6.85 Å². The summed E-state index contributed by atoms with van der Waals surface area (Å²) in [6, 6.07) is 1.77. The Morgan fingerprint density at radius 3 is 2.38 bits per heavy atom. The number of nitrogens with zero attached hydrogens (tertiary/aromatic N) is 1. The molecule has 0 bridgehead atoms. The Morgan fingerprint density at radius 2 is 2.00 bits per heavy atom. The van der Waals surface area contributed by atoms with E-state index in [0.29, 0.717) is 5.56 Å². The van der Waals surface area contributed by atoms with E-state index in [1.807, 2.05) is 18.5 Å². The highest BCUT2D eigenvalue weighted by atomic mass is 14.9. The predicted molar refractivity (Wildman–Crippen MR) is 55.8 cm³/mol. The molecule has 0 aliphatic carbocycles. The molecule has 0 unspecified atom stereocenters. The molecule has 0 aliphatic heterocycles. The molecule has 0 amide bonds. The maximum absolute atomic E-state index is 7.41. The summed E-state index contributed by atoms with van der Waals surface area (Å²) in [5, 5.41) is 0.